The van der Waals surface area contributed by atoms with E-state index in [0.717, 1.165) is 17.0 Å². The topological polar surface area (TPSA) is 51.2 Å². The van der Waals surface area contributed by atoms with Gasteiger partial charge < -0.3 is 4.74 Å². The van der Waals surface area contributed by atoms with Crippen molar-refractivity contribution in [3.63, 3.8) is 0 Å². The van der Waals surface area contributed by atoms with E-state index in [2.05, 4.69) is 9.69 Å². The van der Waals surface area contributed by atoms with Crippen molar-refractivity contribution in [2.24, 2.45) is 0 Å². The van der Waals surface area contributed by atoms with Crippen molar-refractivity contribution in [3.8, 4) is 0 Å². The summed E-state index contributed by atoms with van der Waals surface area (Å²) in [6.45, 7) is 5.45. The lowest BCUT2D eigenvalue weighted by molar-refractivity contribution is 0.119. The summed E-state index contributed by atoms with van der Waals surface area (Å²) in [5.74, 6) is -0.388. The van der Waals surface area contributed by atoms with Gasteiger partial charge in [-0.15, -0.1) is 0 Å². The number of benzene rings is 1. The van der Waals surface area contributed by atoms with Crippen molar-refractivity contribution < 1.29 is 13.9 Å². The summed E-state index contributed by atoms with van der Waals surface area (Å²) in [6.07, 6.45) is -0.490. The minimum Gasteiger partial charge on any atom is -0.441 e. The fraction of sp³-hybridized carbons (Fsp3) is 0.333. The fourth-order valence-electron chi connectivity index (χ4n) is 1.98. The maximum Gasteiger partial charge on any atom is 0.412 e. The molecule has 0 saturated heterocycles. The van der Waals surface area contributed by atoms with Gasteiger partial charge >= 0.3 is 6.09 Å². The van der Waals surface area contributed by atoms with Gasteiger partial charge in [0, 0.05) is 10.4 Å². The Morgan fingerprint density at radius 3 is 2.86 bits per heavy atom. The number of anilines is 1. The van der Waals surface area contributed by atoms with Gasteiger partial charge in [0.05, 0.1) is 11.4 Å². The first-order valence-electron chi connectivity index (χ1n) is 6.70. The molecule has 1 atom stereocenters. The molecule has 1 unspecified atom stereocenters. The van der Waals surface area contributed by atoms with Crippen LogP contribution in [0.5, 0.6) is 0 Å². The summed E-state index contributed by atoms with van der Waals surface area (Å²) in [7, 11) is 0. The van der Waals surface area contributed by atoms with Crippen LogP contribution in [-0.4, -0.2) is 10.5 Å². The molecule has 2 aromatic rings. The van der Waals surface area contributed by atoms with E-state index in [4.69, 9.17) is 4.74 Å². The molecule has 2 rings (SSSR count). The number of aryl methyl sites for hydroxylation is 2. The largest absolute Gasteiger partial charge is 0.441 e. The van der Waals surface area contributed by atoms with Crippen LogP contribution >= 0.6 is 11.5 Å². The molecule has 0 spiro atoms. The van der Waals surface area contributed by atoms with E-state index in [9.17, 15) is 9.18 Å². The second-order valence-corrected chi connectivity index (χ2v) is 5.47. The molecule has 1 N–H and O–H groups in total. The van der Waals surface area contributed by atoms with Crippen LogP contribution in [0.15, 0.2) is 24.3 Å². The number of amides is 1. The van der Waals surface area contributed by atoms with Gasteiger partial charge in [0.15, 0.2) is 0 Å². The van der Waals surface area contributed by atoms with Gasteiger partial charge in [0.1, 0.15) is 11.9 Å². The van der Waals surface area contributed by atoms with E-state index in [1.807, 2.05) is 13.8 Å². The summed E-state index contributed by atoms with van der Waals surface area (Å²) in [6, 6.07) is 6.25. The minimum absolute atomic E-state index is 0.350. The molecule has 0 fully saturated rings. The summed E-state index contributed by atoms with van der Waals surface area (Å²) >= 11 is 1.36. The highest BCUT2D eigenvalue weighted by Crippen LogP contribution is 2.26. The highest BCUT2D eigenvalue weighted by molar-refractivity contribution is 7.06. The third-order valence-corrected chi connectivity index (χ3v) is 4.19. The normalized spacial score (nSPS) is 12.0. The number of nitrogens with zero attached hydrogens (tertiary/aromatic N) is 1. The Hall–Kier alpha value is -1.95. The monoisotopic (exact) mass is 308 g/mol. The first-order valence-corrected chi connectivity index (χ1v) is 7.47. The molecular formula is C15H17FN2O2S. The van der Waals surface area contributed by atoms with Crippen molar-refractivity contribution in [2.75, 3.05) is 5.32 Å². The average Bonchev–Trinajstić information content (AvgIpc) is 2.80. The minimum atomic E-state index is -0.664. The van der Waals surface area contributed by atoms with Crippen molar-refractivity contribution in [1.82, 2.24) is 4.37 Å². The van der Waals surface area contributed by atoms with Crippen LogP contribution in [-0.2, 0) is 11.2 Å². The van der Waals surface area contributed by atoms with E-state index >= 15 is 0 Å². The Labute approximate surface area is 127 Å². The zero-order valence-corrected chi connectivity index (χ0v) is 13.0. The van der Waals surface area contributed by atoms with Gasteiger partial charge in [0.2, 0.25) is 0 Å². The first-order chi connectivity index (χ1) is 10.0. The predicted molar refractivity (Wildman–Crippen MR) is 81.1 cm³/mol. The van der Waals surface area contributed by atoms with Gasteiger partial charge in [-0.2, -0.15) is 4.37 Å². The number of ether oxygens (including phenoxy) is 1. The Balaban J connectivity index is 2.05. The molecule has 0 saturated carbocycles. The second kappa shape index (κ2) is 6.67. The molecule has 1 aromatic carbocycles. The van der Waals surface area contributed by atoms with E-state index in [-0.39, 0.29) is 5.82 Å². The van der Waals surface area contributed by atoms with E-state index < -0.39 is 12.2 Å². The number of rotatable bonds is 4. The van der Waals surface area contributed by atoms with Gasteiger partial charge in [-0.25, -0.2) is 9.18 Å². The number of aromatic nitrogens is 1. The molecule has 0 radical (unpaired) electrons. The first kappa shape index (κ1) is 15.4. The fourth-order valence-corrected chi connectivity index (χ4v) is 2.74. The second-order valence-electron chi connectivity index (χ2n) is 4.61. The molecule has 6 heteroatoms. The molecule has 21 heavy (non-hydrogen) atoms. The maximum absolute atomic E-state index is 13.6. The molecule has 1 aromatic heterocycles. The lowest BCUT2D eigenvalue weighted by atomic mass is 10.1. The Morgan fingerprint density at radius 2 is 2.19 bits per heavy atom. The molecule has 0 bridgehead atoms. The number of carbonyl (C=O) groups is 1. The smallest absolute Gasteiger partial charge is 0.412 e. The number of carbonyl (C=O) groups excluding carboxylic acids is 1. The average molecular weight is 308 g/mol. The molecule has 0 aliphatic rings. The molecule has 112 valence electrons. The summed E-state index contributed by atoms with van der Waals surface area (Å²) in [4.78, 5) is 12.9. The van der Waals surface area contributed by atoms with Gasteiger partial charge in [-0.1, -0.05) is 25.1 Å². The van der Waals surface area contributed by atoms with Crippen molar-refractivity contribution >= 4 is 23.3 Å². The van der Waals surface area contributed by atoms with Crippen molar-refractivity contribution in [2.45, 2.75) is 33.3 Å². The Bertz CT molecular complexity index is 642. The zero-order chi connectivity index (χ0) is 15.4. The molecule has 4 nitrogen and oxygen atoms in total. The lowest BCUT2D eigenvalue weighted by Crippen LogP contribution is -2.17. The molecule has 1 amide bonds. The predicted octanol–water partition coefficient (Wildman–Crippen LogP) is 4.46. The number of hydrogen-bond acceptors (Lipinski definition) is 4. The third-order valence-electron chi connectivity index (χ3n) is 3.11. The van der Waals surface area contributed by atoms with Gasteiger partial charge in [-0.05, 0) is 37.9 Å². The van der Waals surface area contributed by atoms with E-state index in [1.165, 1.54) is 17.6 Å². The number of nitrogens with one attached hydrogen (secondary N) is 1. The third kappa shape index (κ3) is 3.58. The van der Waals surface area contributed by atoms with Gasteiger partial charge in [0.25, 0.3) is 0 Å². The quantitative estimate of drug-likeness (QED) is 0.907. The Kier molecular flexibility index (Phi) is 4.90. The standard InChI is InChI=1S/C15H17FN2O2S/c1-4-13-14(9(2)18-21-13)17-15(19)20-10(3)11-7-5-6-8-12(11)16/h5-8,10H,4H2,1-3H3,(H,17,19). The van der Waals surface area contributed by atoms with Gasteiger partial charge in [-0.3, -0.25) is 5.32 Å². The zero-order valence-electron chi connectivity index (χ0n) is 12.1. The molecule has 0 aliphatic heterocycles. The highest BCUT2D eigenvalue weighted by Gasteiger charge is 2.18. The van der Waals surface area contributed by atoms with Crippen LogP contribution in [0.4, 0.5) is 14.9 Å². The van der Waals surface area contributed by atoms with Crippen LogP contribution in [0.3, 0.4) is 0 Å². The number of halogens is 1. The van der Waals surface area contributed by atoms with Crippen molar-refractivity contribution in [3.05, 3.63) is 46.2 Å². The van der Waals surface area contributed by atoms with E-state index in [1.54, 1.807) is 25.1 Å². The SMILES string of the molecule is CCc1snc(C)c1NC(=O)OC(C)c1ccccc1F. The van der Waals surface area contributed by atoms with Crippen LogP contribution in [0, 0.1) is 12.7 Å². The molecular weight excluding hydrogens is 291 g/mol. The van der Waals surface area contributed by atoms with Crippen LogP contribution in [0.25, 0.3) is 0 Å². The van der Waals surface area contributed by atoms with Crippen LogP contribution in [0.2, 0.25) is 0 Å². The van der Waals surface area contributed by atoms with Crippen LogP contribution < -0.4 is 5.32 Å². The van der Waals surface area contributed by atoms with Crippen molar-refractivity contribution in [1.29, 1.82) is 0 Å². The number of hydrogen-bond donors (Lipinski definition) is 1. The highest BCUT2D eigenvalue weighted by atomic mass is 32.1. The lowest BCUT2D eigenvalue weighted by Gasteiger charge is -2.15. The van der Waals surface area contributed by atoms with E-state index in [0.29, 0.717) is 11.3 Å². The summed E-state index contributed by atoms with van der Waals surface area (Å²) < 4.78 is 23.1. The summed E-state index contributed by atoms with van der Waals surface area (Å²) in [5.41, 5.74) is 1.80. The van der Waals surface area contributed by atoms with Crippen LogP contribution in [0.1, 0.15) is 36.1 Å². The molecule has 1 heterocycles. The summed E-state index contributed by atoms with van der Waals surface area (Å²) in [5, 5.41) is 2.69. The Morgan fingerprint density at radius 1 is 1.48 bits per heavy atom. The molecule has 0 aliphatic carbocycles. The maximum atomic E-state index is 13.6.